The Labute approximate surface area is 251 Å². The van der Waals surface area contributed by atoms with Gasteiger partial charge in [-0.2, -0.15) is 0 Å². The molecule has 0 aromatic heterocycles. The van der Waals surface area contributed by atoms with Crippen molar-refractivity contribution in [2.45, 2.75) is 63.3 Å². The van der Waals surface area contributed by atoms with E-state index in [4.69, 9.17) is 22.3 Å². The third kappa shape index (κ3) is 8.55. The molecule has 2 aromatic carbocycles. The van der Waals surface area contributed by atoms with Crippen LogP contribution in [0, 0.1) is 22.7 Å². The zero-order valence-corrected chi connectivity index (χ0v) is 25.1. The Morgan fingerprint density at radius 2 is 1.63 bits per heavy atom. The van der Waals surface area contributed by atoms with E-state index >= 15 is 0 Å². The van der Waals surface area contributed by atoms with Gasteiger partial charge in [0.1, 0.15) is 11.9 Å². The maximum atomic E-state index is 14.0. The summed E-state index contributed by atoms with van der Waals surface area (Å²) < 4.78 is 0.886. The number of rotatable bonds is 10. The van der Waals surface area contributed by atoms with Gasteiger partial charge in [0.05, 0.1) is 5.92 Å². The number of amidine groups is 1. The Hall–Kier alpha value is -3.40. The number of hydrogen-bond donors (Lipinski definition) is 6. The maximum absolute atomic E-state index is 14.0. The molecule has 0 spiro atoms. The van der Waals surface area contributed by atoms with Crippen molar-refractivity contribution in [2.24, 2.45) is 23.3 Å². The van der Waals surface area contributed by atoms with Gasteiger partial charge in [-0.05, 0) is 67.2 Å². The minimum absolute atomic E-state index is 0.00331. The van der Waals surface area contributed by atoms with Gasteiger partial charge in [0.2, 0.25) is 11.8 Å². The highest BCUT2D eigenvalue weighted by Crippen LogP contribution is 2.29. The van der Waals surface area contributed by atoms with Crippen LogP contribution in [0.5, 0.6) is 0 Å². The highest BCUT2D eigenvalue weighted by Gasteiger charge is 2.34. The summed E-state index contributed by atoms with van der Waals surface area (Å²) in [5, 5.41) is 21.7. The maximum Gasteiger partial charge on any atom is 0.242 e. The van der Waals surface area contributed by atoms with Crippen LogP contribution < -0.4 is 22.1 Å². The normalized spacial score (nSPS) is 17.8. The van der Waals surface area contributed by atoms with Crippen molar-refractivity contribution >= 4 is 39.5 Å². The number of carbonyl (C=O) groups is 2. The first-order valence-electron chi connectivity index (χ1n) is 14.6. The van der Waals surface area contributed by atoms with E-state index in [1.807, 2.05) is 41.3 Å². The first-order chi connectivity index (χ1) is 19.7. The van der Waals surface area contributed by atoms with Gasteiger partial charge in [0.25, 0.3) is 0 Å². The van der Waals surface area contributed by atoms with Crippen LogP contribution in [-0.2, 0) is 16.0 Å². The number of piperidine rings is 1. The molecular weight excluding hydrogens is 582 g/mol. The number of benzene rings is 2. The third-order valence-corrected chi connectivity index (χ3v) is 8.99. The van der Waals surface area contributed by atoms with E-state index in [0.717, 1.165) is 73.6 Å². The molecule has 0 bridgehead atoms. The molecule has 220 valence electrons. The molecule has 2 amide bonds. The molecule has 8 N–H and O–H groups in total. The Balaban J connectivity index is 1.49. The summed E-state index contributed by atoms with van der Waals surface area (Å²) in [4.78, 5) is 29.5. The molecule has 41 heavy (non-hydrogen) atoms. The van der Waals surface area contributed by atoms with Gasteiger partial charge in [-0.25, -0.2) is 0 Å². The highest BCUT2D eigenvalue weighted by molar-refractivity contribution is 9.10. The van der Waals surface area contributed by atoms with E-state index in [1.54, 1.807) is 12.1 Å². The van der Waals surface area contributed by atoms with Crippen molar-refractivity contribution in [1.29, 1.82) is 10.8 Å². The van der Waals surface area contributed by atoms with E-state index in [0.29, 0.717) is 24.4 Å². The molecule has 9 nitrogen and oxygen atoms in total. The van der Waals surface area contributed by atoms with Crippen LogP contribution in [0.1, 0.15) is 67.6 Å². The average Bonchev–Trinajstić information content (AvgIpc) is 2.98. The Morgan fingerprint density at radius 1 is 0.951 bits per heavy atom. The van der Waals surface area contributed by atoms with Crippen molar-refractivity contribution in [2.75, 3.05) is 19.6 Å². The minimum Gasteiger partial charge on any atom is -0.384 e. The van der Waals surface area contributed by atoms with Crippen LogP contribution in [0.4, 0.5) is 0 Å². The molecule has 1 unspecified atom stereocenters. The van der Waals surface area contributed by atoms with Gasteiger partial charge in [0, 0.05) is 29.7 Å². The summed E-state index contributed by atoms with van der Waals surface area (Å²) in [6.45, 7) is 2.00. The summed E-state index contributed by atoms with van der Waals surface area (Å²) in [7, 11) is 0. The summed E-state index contributed by atoms with van der Waals surface area (Å²) in [5.74, 6) is -0.247. The van der Waals surface area contributed by atoms with Crippen molar-refractivity contribution in [3.8, 4) is 0 Å². The van der Waals surface area contributed by atoms with Crippen LogP contribution in [0.3, 0.4) is 0 Å². The van der Waals surface area contributed by atoms with Crippen LogP contribution in [0.2, 0.25) is 0 Å². The molecule has 1 saturated carbocycles. The minimum atomic E-state index is -0.588. The van der Waals surface area contributed by atoms with Crippen molar-refractivity contribution < 1.29 is 9.59 Å². The molecule has 1 heterocycles. The van der Waals surface area contributed by atoms with E-state index < -0.39 is 12.0 Å². The van der Waals surface area contributed by atoms with Crippen LogP contribution in [-0.4, -0.2) is 54.2 Å². The van der Waals surface area contributed by atoms with E-state index in [2.05, 4.69) is 26.6 Å². The van der Waals surface area contributed by atoms with Crippen molar-refractivity contribution in [3.63, 3.8) is 0 Å². The van der Waals surface area contributed by atoms with E-state index in [9.17, 15) is 9.59 Å². The number of halogens is 1. The fourth-order valence-electron chi connectivity index (χ4n) is 5.99. The van der Waals surface area contributed by atoms with Crippen LogP contribution in [0.25, 0.3) is 0 Å². The third-order valence-electron chi connectivity index (χ3n) is 8.49. The molecule has 1 aliphatic carbocycles. The predicted molar refractivity (Wildman–Crippen MR) is 166 cm³/mol. The number of likely N-dealkylation sites (tertiary alicyclic amines) is 1. The highest BCUT2D eigenvalue weighted by atomic mass is 79.9. The van der Waals surface area contributed by atoms with Gasteiger partial charge < -0.3 is 27.0 Å². The number of guanidine groups is 1. The van der Waals surface area contributed by atoms with Crippen LogP contribution in [0.15, 0.2) is 53.0 Å². The SMILES string of the molecule is N=C(N)c1ccc(CC(C(=O)N[C@H](C(=O)NCC2CCN(C(=N)N)CC2)C2CCCCC2)c2cccc(Br)c2)cc1. The lowest BCUT2D eigenvalue weighted by molar-refractivity contribution is -0.131. The second-order valence-electron chi connectivity index (χ2n) is 11.4. The molecule has 10 heteroatoms. The molecule has 1 saturated heterocycles. The molecular formula is C31H42BrN7O2. The first-order valence-corrected chi connectivity index (χ1v) is 15.4. The van der Waals surface area contributed by atoms with Crippen molar-refractivity contribution in [1.82, 2.24) is 15.5 Å². The molecule has 4 rings (SSSR count). The van der Waals surface area contributed by atoms with Gasteiger partial charge in [-0.1, -0.05) is 71.6 Å². The lowest BCUT2D eigenvalue weighted by Crippen LogP contribution is -2.53. The van der Waals surface area contributed by atoms with Crippen LogP contribution >= 0.6 is 15.9 Å². The van der Waals surface area contributed by atoms with Gasteiger partial charge >= 0.3 is 0 Å². The van der Waals surface area contributed by atoms with E-state index in [-0.39, 0.29) is 29.5 Å². The lowest BCUT2D eigenvalue weighted by Gasteiger charge is -2.34. The Bertz CT molecular complexity index is 1220. The van der Waals surface area contributed by atoms with Gasteiger partial charge in [-0.15, -0.1) is 0 Å². The second-order valence-corrected chi connectivity index (χ2v) is 12.3. The fraction of sp³-hybridized carbons (Fsp3) is 0.484. The quantitative estimate of drug-likeness (QED) is 0.175. The van der Waals surface area contributed by atoms with E-state index in [1.165, 1.54) is 0 Å². The summed E-state index contributed by atoms with van der Waals surface area (Å²) >= 11 is 3.54. The topological polar surface area (TPSA) is 161 Å². The Kier molecular flexibility index (Phi) is 10.8. The lowest BCUT2D eigenvalue weighted by atomic mass is 9.82. The number of amides is 2. The zero-order valence-electron chi connectivity index (χ0n) is 23.5. The molecule has 0 radical (unpaired) electrons. The number of nitrogens with two attached hydrogens (primary N) is 2. The molecule has 2 aliphatic rings. The van der Waals surface area contributed by atoms with Crippen molar-refractivity contribution in [3.05, 3.63) is 69.7 Å². The zero-order chi connectivity index (χ0) is 29.4. The Morgan fingerprint density at radius 3 is 2.24 bits per heavy atom. The van der Waals surface area contributed by atoms with Gasteiger partial charge in [0.15, 0.2) is 5.96 Å². The smallest absolute Gasteiger partial charge is 0.242 e. The largest absolute Gasteiger partial charge is 0.384 e. The predicted octanol–water partition coefficient (Wildman–Crippen LogP) is 3.85. The number of nitrogen functional groups attached to an aromatic ring is 1. The summed E-state index contributed by atoms with van der Waals surface area (Å²) in [5.41, 5.74) is 13.7. The summed E-state index contributed by atoms with van der Waals surface area (Å²) in [6, 6.07) is 14.6. The molecule has 1 aliphatic heterocycles. The summed E-state index contributed by atoms with van der Waals surface area (Å²) in [6.07, 6.45) is 7.31. The fourth-order valence-corrected chi connectivity index (χ4v) is 6.41. The monoisotopic (exact) mass is 623 g/mol. The second kappa shape index (κ2) is 14.5. The first kappa shape index (κ1) is 30.6. The molecule has 2 fully saturated rings. The number of nitrogens with zero attached hydrogens (tertiary/aromatic N) is 1. The number of hydrogen-bond acceptors (Lipinski definition) is 4. The average molecular weight is 625 g/mol. The molecule has 2 aromatic rings. The number of nitrogens with one attached hydrogen (secondary N) is 4. The molecule has 2 atom stereocenters. The van der Waals surface area contributed by atoms with Gasteiger partial charge in [-0.3, -0.25) is 20.4 Å². The standard InChI is InChI=1S/C31H42BrN7O2/c32-25-8-4-7-24(18-25)26(17-20-9-11-23(12-10-20)28(33)34)29(40)38-27(22-5-2-1-3-6-22)30(41)37-19-21-13-15-39(16-14-21)31(35)36/h4,7-12,18,21-22,26-27H,1-3,5-6,13-17,19H2,(H3,33,34)(H3,35,36)(H,37,41)(H,38,40)/t26?,27-/m0/s1. The number of carbonyl (C=O) groups excluding carboxylic acids is 2.